The monoisotopic (exact) mass is 352 g/mol. The number of nitrogens with zero attached hydrogens (tertiary/aromatic N) is 1. The maximum absolute atomic E-state index is 5.41. The zero-order valence-corrected chi connectivity index (χ0v) is 17.7. The molecule has 1 N–H and O–H groups in total. The van der Waals surface area contributed by atoms with Crippen LogP contribution in [0.2, 0.25) is 0 Å². The Bertz CT molecular complexity index is 394. The van der Waals surface area contributed by atoms with Gasteiger partial charge in [0.15, 0.2) is 5.17 Å². The molecule has 3 heteroatoms. The molecular formula is C21H40N2S. The molecule has 2 aliphatic rings. The summed E-state index contributed by atoms with van der Waals surface area (Å²) < 4.78 is 0. The van der Waals surface area contributed by atoms with Gasteiger partial charge < -0.3 is 5.32 Å². The van der Waals surface area contributed by atoms with Crippen LogP contribution in [0, 0.1) is 23.7 Å². The smallest absolute Gasteiger partial charge is 0.157 e. The van der Waals surface area contributed by atoms with Gasteiger partial charge in [-0.3, -0.25) is 4.99 Å². The Hall–Kier alpha value is -0.180. The number of aliphatic imine (C=N–C) groups is 1. The highest BCUT2D eigenvalue weighted by atomic mass is 32.2. The number of amidine groups is 1. The van der Waals surface area contributed by atoms with Crippen LogP contribution in [0.3, 0.4) is 0 Å². The Balaban J connectivity index is 2.23. The SMILES string of the molecule is CCSC(=NC1C(C(C)C)CCCC1C(C)C)NC1(C)CCCC1. The highest BCUT2D eigenvalue weighted by Crippen LogP contribution is 2.40. The first-order chi connectivity index (χ1) is 11.4. The van der Waals surface area contributed by atoms with Crippen molar-refractivity contribution in [3.8, 4) is 0 Å². The first kappa shape index (κ1) is 20.1. The van der Waals surface area contributed by atoms with Gasteiger partial charge in [-0.1, -0.05) is 65.6 Å². The van der Waals surface area contributed by atoms with E-state index in [2.05, 4.69) is 46.9 Å². The summed E-state index contributed by atoms with van der Waals surface area (Å²) in [5, 5.41) is 5.10. The molecule has 0 aromatic rings. The molecule has 2 nitrogen and oxygen atoms in total. The molecule has 140 valence electrons. The summed E-state index contributed by atoms with van der Waals surface area (Å²) in [7, 11) is 0. The summed E-state index contributed by atoms with van der Waals surface area (Å²) >= 11 is 1.92. The molecule has 0 aromatic heterocycles. The van der Waals surface area contributed by atoms with Crippen LogP contribution in [0.1, 0.15) is 86.5 Å². The van der Waals surface area contributed by atoms with E-state index in [0.29, 0.717) is 6.04 Å². The maximum atomic E-state index is 5.41. The molecule has 24 heavy (non-hydrogen) atoms. The van der Waals surface area contributed by atoms with Gasteiger partial charge in [0.05, 0.1) is 6.04 Å². The summed E-state index contributed by atoms with van der Waals surface area (Å²) in [4.78, 5) is 5.41. The second kappa shape index (κ2) is 8.96. The molecule has 0 aromatic carbocycles. The third-order valence-electron chi connectivity index (χ3n) is 6.33. The molecule has 2 atom stereocenters. The fourth-order valence-electron chi connectivity index (χ4n) is 4.81. The third-order valence-corrected chi connectivity index (χ3v) is 7.10. The van der Waals surface area contributed by atoms with Gasteiger partial charge in [-0.15, -0.1) is 0 Å². The van der Waals surface area contributed by atoms with Crippen molar-refractivity contribution in [2.45, 2.75) is 98.1 Å². The van der Waals surface area contributed by atoms with Crippen LogP contribution in [-0.4, -0.2) is 22.5 Å². The van der Waals surface area contributed by atoms with Crippen molar-refractivity contribution in [2.75, 3.05) is 5.75 Å². The van der Waals surface area contributed by atoms with E-state index in [1.165, 1.54) is 50.1 Å². The van der Waals surface area contributed by atoms with Gasteiger partial charge in [0.25, 0.3) is 0 Å². The zero-order chi connectivity index (χ0) is 17.7. The summed E-state index contributed by atoms with van der Waals surface area (Å²) in [6.45, 7) is 14.2. The van der Waals surface area contributed by atoms with Crippen LogP contribution in [0.4, 0.5) is 0 Å². The Morgan fingerprint density at radius 1 is 1.04 bits per heavy atom. The minimum absolute atomic E-state index is 0.274. The molecular weight excluding hydrogens is 312 g/mol. The molecule has 0 spiro atoms. The normalized spacial score (nSPS) is 31.0. The van der Waals surface area contributed by atoms with Crippen LogP contribution in [0.5, 0.6) is 0 Å². The number of hydrogen-bond acceptors (Lipinski definition) is 2. The molecule has 0 aliphatic heterocycles. The number of hydrogen-bond donors (Lipinski definition) is 1. The largest absolute Gasteiger partial charge is 0.360 e. The van der Waals surface area contributed by atoms with E-state index in [1.807, 2.05) is 11.8 Å². The van der Waals surface area contributed by atoms with Crippen molar-refractivity contribution in [1.82, 2.24) is 5.32 Å². The van der Waals surface area contributed by atoms with Crippen molar-refractivity contribution in [1.29, 1.82) is 0 Å². The van der Waals surface area contributed by atoms with Gasteiger partial charge in [0.1, 0.15) is 0 Å². The molecule has 2 rings (SSSR count). The van der Waals surface area contributed by atoms with Crippen LogP contribution >= 0.6 is 11.8 Å². The average Bonchev–Trinajstić information content (AvgIpc) is 2.93. The molecule has 0 bridgehead atoms. The fraction of sp³-hybridized carbons (Fsp3) is 0.952. The highest BCUT2D eigenvalue weighted by Gasteiger charge is 2.37. The number of thioether (sulfide) groups is 1. The molecule has 2 saturated carbocycles. The average molecular weight is 353 g/mol. The van der Waals surface area contributed by atoms with Gasteiger partial charge in [0.2, 0.25) is 0 Å². The Kier molecular flexibility index (Phi) is 7.52. The minimum Gasteiger partial charge on any atom is -0.360 e. The predicted molar refractivity (Wildman–Crippen MR) is 110 cm³/mol. The van der Waals surface area contributed by atoms with Crippen molar-refractivity contribution in [3.05, 3.63) is 0 Å². The topological polar surface area (TPSA) is 24.4 Å². The van der Waals surface area contributed by atoms with E-state index >= 15 is 0 Å². The van der Waals surface area contributed by atoms with E-state index in [9.17, 15) is 0 Å². The molecule has 2 unspecified atom stereocenters. The van der Waals surface area contributed by atoms with Gasteiger partial charge in [0, 0.05) is 5.54 Å². The van der Waals surface area contributed by atoms with E-state index in [-0.39, 0.29) is 5.54 Å². The van der Waals surface area contributed by atoms with E-state index < -0.39 is 0 Å². The van der Waals surface area contributed by atoms with E-state index in [1.54, 1.807) is 0 Å². The van der Waals surface area contributed by atoms with Gasteiger partial charge >= 0.3 is 0 Å². The van der Waals surface area contributed by atoms with Crippen LogP contribution in [0.15, 0.2) is 4.99 Å². The van der Waals surface area contributed by atoms with Crippen LogP contribution < -0.4 is 5.32 Å². The molecule has 0 saturated heterocycles. The molecule has 2 fully saturated rings. The quantitative estimate of drug-likeness (QED) is 0.476. The predicted octanol–water partition coefficient (Wildman–Crippen LogP) is 6.11. The Morgan fingerprint density at radius 2 is 1.58 bits per heavy atom. The lowest BCUT2D eigenvalue weighted by atomic mass is 9.69. The van der Waals surface area contributed by atoms with E-state index in [0.717, 1.165) is 29.4 Å². The van der Waals surface area contributed by atoms with Crippen molar-refractivity contribution < 1.29 is 0 Å². The second-order valence-electron chi connectivity index (χ2n) is 9.00. The number of rotatable bonds is 5. The maximum Gasteiger partial charge on any atom is 0.157 e. The molecule has 0 radical (unpaired) electrons. The third kappa shape index (κ3) is 5.16. The highest BCUT2D eigenvalue weighted by molar-refractivity contribution is 8.13. The first-order valence-corrected chi connectivity index (χ1v) is 11.3. The Labute approximate surface area is 155 Å². The Morgan fingerprint density at radius 3 is 2.04 bits per heavy atom. The molecule has 2 aliphatic carbocycles. The zero-order valence-electron chi connectivity index (χ0n) is 16.9. The van der Waals surface area contributed by atoms with Crippen molar-refractivity contribution >= 4 is 16.9 Å². The lowest BCUT2D eigenvalue weighted by Gasteiger charge is -2.41. The minimum atomic E-state index is 0.274. The summed E-state index contributed by atoms with van der Waals surface area (Å²) in [5.41, 5.74) is 0.274. The van der Waals surface area contributed by atoms with Crippen LogP contribution in [-0.2, 0) is 0 Å². The standard InChI is InChI=1S/C21H40N2S/c1-7-24-20(23-21(6)13-8-9-14-21)22-19-17(15(2)3)11-10-12-18(19)16(4)5/h15-19H,7-14H2,1-6H3,(H,22,23). The summed E-state index contributed by atoms with van der Waals surface area (Å²) in [6.07, 6.45) is 9.41. The van der Waals surface area contributed by atoms with Crippen molar-refractivity contribution in [2.24, 2.45) is 28.7 Å². The summed E-state index contributed by atoms with van der Waals surface area (Å²) in [6, 6.07) is 0.505. The van der Waals surface area contributed by atoms with E-state index in [4.69, 9.17) is 4.99 Å². The van der Waals surface area contributed by atoms with Crippen LogP contribution in [0.25, 0.3) is 0 Å². The first-order valence-electron chi connectivity index (χ1n) is 10.3. The van der Waals surface area contributed by atoms with Gasteiger partial charge in [-0.2, -0.15) is 0 Å². The number of nitrogens with one attached hydrogen (secondary N) is 1. The second-order valence-corrected chi connectivity index (χ2v) is 10.2. The summed E-state index contributed by atoms with van der Waals surface area (Å²) in [5.74, 6) is 4.06. The van der Waals surface area contributed by atoms with Gasteiger partial charge in [-0.05, 0) is 62.0 Å². The molecule has 0 amide bonds. The fourth-order valence-corrected chi connectivity index (χ4v) is 5.60. The lowest BCUT2D eigenvalue weighted by molar-refractivity contribution is 0.142. The lowest BCUT2D eigenvalue weighted by Crippen LogP contribution is -2.45. The van der Waals surface area contributed by atoms with Gasteiger partial charge in [-0.25, -0.2) is 0 Å². The molecule has 0 heterocycles. The van der Waals surface area contributed by atoms with Crippen molar-refractivity contribution in [3.63, 3.8) is 0 Å².